The minimum atomic E-state index is -0.246. The highest BCUT2D eigenvalue weighted by molar-refractivity contribution is 7.98. The van der Waals surface area contributed by atoms with Gasteiger partial charge in [0, 0.05) is 11.3 Å². The molecule has 0 saturated carbocycles. The van der Waals surface area contributed by atoms with Gasteiger partial charge in [0.25, 0.3) is 0 Å². The molecule has 0 saturated heterocycles. The summed E-state index contributed by atoms with van der Waals surface area (Å²) in [6.45, 7) is 2.31. The standard InChI is InChI=1S/C19H19FN2OS/c1-14-5-4-6-15(9-14)13-24-19-21-10-17(12-23)22(19)11-16-7-2-3-8-18(16)20/h2-10,23H,11-13H2,1H3. The number of benzene rings is 2. The summed E-state index contributed by atoms with van der Waals surface area (Å²) >= 11 is 1.59. The molecule has 2 aromatic carbocycles. The van der Waals surface area contributed by atoms with Gasteiger partial charge in [-0.25, -0.2) is 9.37 Å². The molecule has 1 aromatic heterocycles. The van der Waals surface area contributed by atoms with E-state index >= 15 is 0 Å². The fraction of sp³-hybridized carbons (Fsp3) is 0.211. The van der Waals surface area contributed by atoms with Crippen LogP contribution in [0.15, 0.2) is 59.9 Å². The number of rotatable bonds is 6. The van der Waals surface area contributed by atoms with Crippen LogP contribution in [0.1, 0.15) is 22.4 Å². The first-order valence-corrected chi connectivity index (χ1v) is 8.73. The van der Waals surface area contributed by atoms with E-state index in [1.165, 1.54) is 17.2 Å². The molecular weight excluding hydrogens is 323 g/mol. The maximum Gasteiger partial charge on any atom is 0.168 e. The second-order valence-electron chi connectivity index (χ2n) is 5.65. The number of imidazole rings is 1. The van der Waals surface area contributed by atoms with Gasteiger partial charge in [-0.1, -0.05) is 59.8 Å². The predicted octanol–water partition coefficient (Wildman–Crippen LogP) is 4.16. The predicted molar refractivity (Wildman–Crippen MR) is 94.4 cm³/mol. The quantitative estimate of drug-likeness (QED) is 0.684. The highest BCUT2D eigenvalue weighted by Gasteiger charge is 2.12. The molecule has 3 aromatic rings. The Morgan fingerprint density at radius 1 is 1.17 bits per heavy atom. The van der Waals surface area contributed by atoms with E-state index in [0.29, 0.717) is 17.8 Å². The first-order valence-electron chi connectivity index (χ1n) is 7.74. The molecular formula is C19H19FN2OS. The molecule has 3 rings (SSSR count). The average molecular weight is 342 g/mol. The van der Waals surface area contributed by atoms with E-state index in [4.69, 9.17) is 0 Å². The maximum atomic E-state index is 13.9. The number of aliphatic hydroxyl groups excluding tert-OH is 1. The van der Waals surface area contributed by atoms with Crippen molar-refractivity contribution in [3.05, 3.63) is 82.9 Å². The first-order chi connectivity index (χ1) is 11.7. The molecule has 0 amide bonds. The summed E-state index contributed by atoms with van der Waals surface area (Å²) in [7, 11) is 0. The summed E-state index contributed by atoms with van der Waals surface area (Å²) in [6.07, 6.45) is 1.65. The molecule has 0 fully saturated rings. The Labute approximate surface area is 145 Å². The van der Waals surface area contributed by atoms with Crippen molar-refractivity contribution in [1.29, 1.82) is 0 Å². The van der Waals surface area contributed by atoms with Crippen LogP contribution in [0.25, 0.3) is 0 Å². The van der Waals surface area contributed by atoms with Crippen molar-refractivity contribution in [2.45, 2.75) is 31.0 Å². The van der Waals surface area contributed by atoms with E-state index < -0.39 is 0 Å². The zero-order valence-electron chi connectivity index (χ0n) is 13.4. The van der Waals surface area contributed by atoms with Gasteiger partial charge in [-0.3, -0.25) is 0 Å². The Hall–Kier alpha value is -2.11. The number of nitrogens with zero attached hydrogens (tertiary/aromatic N) is 2. The van der Waals surface area contributed by atoms with Crippen molar-refractivity contribution in [2.75, 3.05) is 0 Å². The summed E-state index contributed by atoms with van der Waals surface area (Å²) in [5.41, 5.74) is 3.71. The molecule has 0 unspecified atom stereocenters. The Morgan fingerprint density at radius 3 is 2.75 bits per heavy atom. The molecule has 0 bridgehead atoms. The van der Waals surface area contributed by atoms with Crippen LogP contribution in [-0.4, -0.2) is 14.7 Å². The second kappa shape index (κ2) is 7.64. The van der Waals surface area contributed by atoms with Crippen molar-refractivity contribution in [3.8, 4) is 0 Å². The van der Waals surface area contributed by atoms with Crippen LogP contribution in [0, 0.1) is 12.7 Å². The summed E-state index contributed by atoms with van der Waals surface area (Å²) in [6, 6.07) is 15.0. The van der Waals surface area contributed by atoms with Gasteiger partial charge < -0.3 is 9.67 Å². The molecule has 124 valence electrons. The van der Waals surface area contributed by atoms with Gasteiger partial charge in [-0.2, -0.15) is 0 Å². The van der Waals surface area contributed by atoms with Gasteiger partial charge >= 0.3 is 0 Å². The van der Waals surface area contributed by atoms with Gasteiger partial charge in [-0.05, 0) is 18.6 Å². The molecule has 0 radical (unpaired) electrons. The molecule has 5 heteroatoms. The van der Waals surface area contributed by atoms with E-state index in [0.717, 1.165) is 10.9 Å². The van der Waals surface area contributed by atoms with Crippen LogP contribution in [0.2, 0.25) is 0 Å². The molecule has 1 heterocycles. The van der Waals surface area contributed by atoms with Crippen molar-refractivity contribution in [1.82, 2.24) is 9.55 Å². The van der Waals surface area contributed by atoms with Crippen LogP contribution in [0.5, 0.6) is 0 Å². The summed E-state index contributed by atoms with van der Waals surface area (Å²) in [4.78, 5) is 4.39. The molecule has 0 atom stereocenters. The topological polar surface area (TPSA) is 38.1 Å². The average Bonchev–Trinajstić information content (AvgIpc) is 2.97. The number of thioether (sulfide) groups is 1. The smallest absolute Gasteiger partial charge is 0.168 e. The van der Waals surface area contributed by atoms with Crippen LogP contribution in [0.3, 0.4) is 0 Å². The van der Waals surface area contributed by atoms with Gasteiger partial charge in [0.05, 0.1) is 25.0 Å². The Kier molecular flexibility index (Phi) is 5.33. The summed E-state index contributed by atoms with van der Waals surface area (Å²) < 4.78 is 15.8. The molecule has 0 aliphatic heterocycles. The minimum Gasteiger partial charge on any atom is -0.390 e. The van der Waals surface area contributed by atoms with E-state index in [2.05, 4.69) is 30.1 Å². The van der Waals surface area contributed by atoms with Crippen LogP contribution in [-0.2, 0) is 18.9 Å². The minimum absolute atomic E-state index is 0.119. The van der Waals surface area contributed by atoms with Gasteiger partial charge in [0.1, 0.15) is 5.82 Å². The fourth-order valence-corrected chi connectivity index (χ4v) is 3.49. The molecule has 3 nitrogen and oxygen atoms in total. The lowest BCUT2D eigenvalue weighted by Crippen LogP contribution is -2.07. The van der Waals surface area contributed by atoms with Crippen molar-refractivity contribution in [2.24, 2.45) is 0 Å². The van der Waals surface area contributed by atoms with Gasteiger partial charge in [-0.15, -0.1) is 0 Å². The zero-order valence-corrected chi connectivity index (χ0v) is 14.3. The molecule has 24 heavy (non-hydrogen) atoms. The number of hydrogen-bond donors (Lipinski definition) is 1. The van der Waals surface area contributed by atoms with Gasteiger partial charge in [0.15, 0.2) is 5.16 Å². The highest BCUT2D eigenvalue weighted by atomic mass is 32.2. The number of aryl methyl sites for hydroxylation is 1. The van der Waals surface area contributed by atoms with Crippen LogP contribution < -0.4 is 0 Å². The molecule has 1 N–H and O–H groups in total. The third kappa shape index (κ3) is 3.86. The number of aliphatic hydroxyl groups is 1. The summed E-state index contributed by atoms with van der Waals surface area (Å²) in [5.74, 6) is 0.533. The molecule has 0 spiro atoms. The van der Waals surface area contributed by atoms with Crippen LogP contribution in [0.4, 0.5) is 4.39 Å². The monoisotopic (exact) mass is 342 g/mol. The largest absolute Gasteiger partial charge is 0.390 e. The number of halogens is 1. The molecule has 0 aliphatic carbocycles. The Balaban J connectivity index is 1.81. The first kappa shape index (κ1) is 16.7. The third-order valence-electron chi connectivity index (χ3n) is 3.80. The van der Waals surface area contributed by atoms with Crippen molar-refractivity contribution >= 4 is 11.8 Å². The lowest BCUT2D eigenvalue weighted by Gasteiger charge is -2.11. The molecule has 0 aliphatic rings. The van der Waals surface area contributed by atoms with E-state index in [1.807, 2.05) is 16.7 Å². The lowest BCUT2D eigenvalue weighted by atomic mass is 10.2. The van der Waals surface area contributed by atoms with E-state index in [1.54, 1.807) is 30.1 Å². The lowest BCUT2D eigenvalue weighted by molar-refractivity contribution is 0.270. The van der Waals surface area contributed by atoms with Crippen molar-refractivity contribution < 1.29 is 9.50 Å². The second-order valence-corrected chi connectivity index (χ2v) is 6.59. The Bertz CT molecular complexity index is 832. The SMILES string of the molecule is Cc1cccc(CSc2ncc(CO)n2Cc2ccccc2F)c1. The highest BCUT2D eigenvalue weighted by Crippen LogP contribution is 2.25. The van der Waals surface area contributed by atoms with Crippen LogP contribution >= 0.6 is 11.8 Å². The van der Waals surface area contributed by atoms with Gasteiger partial charge in [0.2, 0.25) is 0 Å². The third-order valence-corrected chi connectivity index (χ3v) is 4.86. The van der Waals surface area contributed by atoms with E-state index in [-0.39, 0.29) is 12.4 Å². The summed E-state index contributed by atoms with van der Waals surface area (Å²) in [5, 5.41) is 10.3. The maximum absolute atomic E-state index is 13.9. The fourth-order valence-electron chi connectivity index (χ4n) is 2.55. The van der Waals surface area contributed by atoms with E-state index in [9.17, 15) is 9.50 Å². The number of hydrogen-bond acceptors (Lipinski definition) is 3. The van der Waals surface area contributed by atoms with Crippen molar-refractivity contribution in [3.63, 3.8) is 0 Å². The zero-order chi connectivity index (χ0) is 16.9. The Morgan fingerprint density at radius 2 is 2.00 bits per heavy atom. The normalized spacial score (nSPS) is 11.0. The number of aromatic nitrogens is 2.